The zero-order valence-corrected chi connectivity index (χ0v) is 18.6. The first-order valence-electron chi connectivity index (χ1n) is 9.67. The molecule has 2 aliphatic rings. The van der Waals surface area contributed by atoms with Crippen molar-refractivity contribution in [1.29, 1.82) is 0 Å². The van der Waals surface area contributed by atoms with Crippen LogP contribution in [0, 0.1) is 11.3 Å². The Hall–Kier alpha value is -1.41. The van der Waals surface area contributed by atoms with Crippen molar-refractivity contribution in [1.82, 2.24) is 10.2 Å². The van der Waals surface area contributed by atoms with E-state index in [1.807, 2.05) is 48.9 Å². The van der Waals surface area contributed by atoms with Gasteiger partial charge in [-0.25, -0.2) is 13.8 Å². The largest absolute Gasteiger partial charge is 0.730 e. The zero-order chi connectivity index (χ0) is 21.5. The Kier molecular flexibility index (Phi) is 6.36. The number of aliphatic imine (C=N–C) groups is 1. The van der Waals surface area contributed by atoms with Crippen LogP contribution in [0.4, 0.5) is 8.78 Å². The van der Waals surface area contributed by atoms with Gasteiger partial charge in [-0.1, -0.05) is 13.8 Å². The average molecular weight is 398 g/mol. The van der Waals surface area contributed by atoms with Gasteiger partial charge in [-0.05, 0) is 13.8 Å². The van der Waals surface area contributed by atoms with E-state index in [1.54, 1.807) is 23.6 Å². The highest BCUT2D eigenvalue weighted by Gasteiger charge is 2.61. The number of hydrogen-bond acceptors (Lipinski definition) is 3. The Balaban J connectivity index is 2.49. The smallest absolute Gasteiger partial charge is 0.498 e. The third-order valence-electron chi connectivity index (χ3n) is 5.69. The first-order chi connectivity index (χ1) is 12.7. The van der Waals surface area contributed by atoms with E-state index in [-0.39, 0.29) is 5.60 Å². The van der Waals surface area contributed by atoms with Gasteiger partial charge in [0.15, 0.2) is 0 Å². The molecule has 1 atom stereocenters. The number of alkyl halides is 2. The van der Waals surface area contributed by atoms with Crippen LogP contribution < -0.4 is 5.32 Å². The number of halogens is 2. The number of nitrogens with zero attached hydrogens (tertiary/aromatic N) is 2. The molecule has 1 saturated heterocycles. The van der Waals surface area contributed by atoms with E-state index in [1.165, 1.54) is 0 Å². The molecule has 0 spiro atoms. The molecule has 2 aliphatic heterocycles. The molecule has 0 aliphatic carbocycles. The average Bonchev–Trinajstić information content (AvgIpc) is 2.63. The molecule has 0 amide bonds. The van der Waals surface area contributed by atoms with Crippen LogP contribution in [0.3, 0.4) is 0 Å². The van der Waals surface area contributed by atoms with E-state index in [4.69, 9.17) is 4.65 Å². The van der Waals surface area contributed by atoms with Crippen LogP contribution in [0.2, 0.25) is 0 Å². The fraction of sp³-hybridized carbons (Fsp3) is 0.750. The van der Waals surface area contributed by atoms with Crippen LogP contribution in [0.5, 0.6) is 0 Å². The number of rotatable bonds is 4. The number of allylic oxidation sites excluding steroid dienone is 2. The van der Waals surface area contributed by atoms with E-state index in [2.05, 4.69) is 28.4 Å². The first kappa shape index (κ1) is 22.9. The zero-order valence-electron chi connectivity index (χ0n) is 18.6. The monoisotopic (exact) mass is 398 g/mol. The molecule has 0 radical (unpaired) electrons. The fourth-order valence-corrected chi connectivity index (χ4v) is 4.23. The van der Waals surface area contributed by atoms with Crippen molar-refractivity contribution in [2.24, 2.45) is 16.3 Å². The van der Waals surface area contributed by atoms with Crippen molar-refractivity contribution in [3.63, 3.8) is 0 Å². The molecule has 1 fully saturated rings. The molecule has 1 unspecified atom stereocenters. The van der Waals surface area contributed by atoms with E-state index in [0.717, 1.165) is 6.42 Å². The van der Waals surface area contributed by atoms with E-state index < -0.39 is 30.5 Å². The van der Waals surface area contributed by atoms with Crippen molar-refractivity contribution >= 4 is 13.5 Å². The lowest BCUT2D eigenvalue weighted by Crippen LogP contribution is -2.59. The minimum absolute atomic E-state index is 0.268. The van der Waals surface area contributed by atoms with Crippen LogP contribution in [0.15, 0.2) is 28.6 Å². The molecule has 5 nitrogen and oxygen atoms in total. The maximum atomic E-state index is 14.4. The summed E-state index contributed by atoms with van der Waals surface area (Å²) in [6.07, 6.45) is 3.20. The molecule has 0 bridgehead atoms. The van der Waals surface area contributed by atoms with Gasteiger partial charge >= 0.3 is 7.12 Å². The minimum Gasteiger partial charge on any atom is -0.498 e. The van der Waals surface area contributed by atoms with Crippen LogP contribution in [0.25, 0.3) is 0 Å². The SMILES string of the molecule is CN(C)C=NC1=CNC=C(B2OC(C)(C)CC(C)(C)[O+]2C)C(C(F)F)C1(C)C. The second-order valence-electron chi connectivity index (χ2n) is 9.79. The van der Waals surface area contributed by atoms with Gasteiger partial charge in [0.2, 0.25) is 6.43 Å². The van der Waals surface area contributed by atoms with Crippen LogP contribution in [-0.4, -0.2) is 57.2 Å². The Morgan fingerprint density at radius 2 is 1.86 bits per heavy atom. The highest BCUT2D eigenvalue weighted by atomic mass is 19.3. The van der Waals surface area contributed by atoms with Gasteiger partial charge in [0.1, 0.15) is 12.7 Å². The quantitative estimate of drug-likeness (QED) is 0.337. The normalized spacial score (nSPS) is 27.3. The molecular formula is C20H35BF2N3O2+. The second-order valence-corrected chi connectivity index (χ2v) is 9.79. The van der Waals surface area contributed by atoms with Gasteiger partial charge < -0.3 is 19.2 Å². The minimum atomic E-state index is -2.56. The summed E-state index contributed by atoms with van der Waals surface area (Å²) in [5.41, 5.74) is -0.515. The van der Waals surface area contributed by atoms with Crippen molar-refractivity contribution in [2.75, 3.05) is 21.2 Å². The van der Waals surface area contributed by atoms with Gasteiger partial charge in [0.25, 0.3) is 0 Å². The summed E-state index contributed by atoms with van der Waals surface area (Å²) >= 11 is 0. The Bertz CT molecular complexity index is 672. The molecule has 2 heterocycles. The molecule has 0 saturated carbocycles. The first-order valence-corrected chi connectivity index (χ1v) is 9.67. The summed E-state index contributed by atoms with van der Waals surface area (Å²) in [6, 6.07) is 0. The van der Waals surface area contributed by atoms with Gasteiger partial charge in [0.05, 0.1) is 29.0 Å². The number of hydrogen-bond donors (Lipinski definition) is 1. The molecular weight excluding hydrogens is 363 g/mol. The summed E-state index contributed by atoms with van der Waals surface area (Å²) in [5.74, 6) is -1.06. The maximum Gasteiger partial charge on any atom is 0.730 e. The summed E-state index contributed by atoms with van der Waals surface area (Å²) in [7, 11) is 4.93. The van der Waals surface area contributed by atoms with Crippen molar-refractivity contribution in [3.8, 4) is 0 Å². The van der Waals surface area contributed by atoms with Crippen molar-refractivity contribution < 1.29 is 17.7 Å². The third kappa shape index (κ3) is 4.59. The molecule has 0 aromatic heterocycles. The molecule has 28 heavy (non-hydrogen) atoms. The van der Waals surface area contributed by atoms with Gasteiger partial charge in [-0.3, -0.25) is 0 Å². The lowest BCUT2D eigenvalue weighted by molar-refractivity contribution is -0.186. The summed E-state index contributed by atoms with van der Waals surface area (Å²) in [5, 5.41) is 3.07. The predicted molar refractivity (Wildman–Crippen MR) is 111 cm³/mol. The molecule has 0 aromatic carbocycles. The van der Waals surface area contributed by atoms with E-state index >= 15 is 0 Å². The highest BCUT2D eigenvalue weighted by molar-refractivity contribution is 6.55. The molecule has 8 heteroatoms. The molecule has 1 N–H and O–H groups in total. The Morgan fingerprint density at radius 3 is 2.39 bits per heavy atom. The maximum absolute atomic E-state index is 14.4. The van der Waals surface area contributed by atoms with Crippen LogP contribution in [-0.2, 0) is 8.94 Å². The molecule has 0 aromatic rings. The predicted octanol–water partition coefficient (Wildman–Crippen LogP) is 4.00. The Morgan fingerprint density at radius 1 is 1.25 bits per heavy atom. The van der Waals surface area contributed by atoms with E-state index in [9.17, 15) is 8.78 Å². The van der Waals surface area contributed by atoms with E-state index in [0.29, 0.717) is 11.2 Å². The standard InChI is InChI=1S/C20H35BF2N3O2/c1-18(2)12-19(3,4)28(9)21(27-18)14-10-24-11-15(25-13-26(7)8)20(5,6)16(14)17(22)23/h10-11,13,16-17,24H,12H2,1-9H3/q+1. The lowest BCUT2D eigenvalue weighted by atomic mass is 9.60. The Labute approximate surface area is 168 Å². The van der Waals surface area contributed by atoms with Gasteiger partial charge in [-0.15, -0.1) is 0 Å². The summed E-state index contributed by atoms with van der Waals surface area (Å²) in [6.45, 7) is 11.8. The number of nitrogens with one attached hydrogen (secondary N) is 1. The van der Waals surface area contributed by atoms with Gasteiger partial charge in [-0.2, -0.15) is 0 Å². The lowest BCUT2D eigenvalue weighted by Gasteiger charge is -2.48. The van der Waals surface area contributed by atoms with Crippen LogP contribution >= 0.6 is 0 Å². The van der Waals surface area contributed by atoms with Gasteiger partial charge in [0, 0.05) is 52.2 Å². The third-order valence-corrected chi connectivity index (χ3v) is 5.69. The van der Waals surface area contributed by atoms with Crippen LogP contribution in [0.1, 0.15) is 48.0 Å². The molecule has 158 valence electrons. The highest BCUT2D eigenvalue weighted by Crippen LogP contribution is 2.48. The topological polar surface area (TPSA) is 39.6 Å². The molecule has 2 rings (SSSR count). The van der Waals surface area contributed by atoms with Crippen molar-refractivity contribution in [3.05, 3.63) is 23.6 Å². The van der Waals surface area contributed by atoms with Crippen molar-refractivity contribution in [2.45, 2.75) is 65.6 Å². The summed E-state index contributed by atoms with van der Waals surface area (Å²) in [4.78, 5) is 6.24. The second kappa shape index (κ2) is 7.79. The fourth-order valence-electron chi connectivity index (χ4n) is 4.23. The summed E-state index contributed by atoms with van der Waals surface area (Å²) < 4.78 is 38.2.